The smallest absolute Gasteiger partial charge is 0.253 e. The van der Waals surface area contributed by atoms with Gasteiger partial charge in [-0.1, -0.05) is 18.5 Å². The van der Waals surface area contributed by atoms with Crippen molar-refractivity contribution in [3.05, 3.63) is 29.0 Å². The van der Waals surface area contributed by atoms with E-state index in [2.05, 4.69) is 22.9 Å². The average molecular weight is 312 g/mol. The minimum absolute atomic E-state index is 0.0346. The minimum Gasteiger partial charge on any atom is -0.347 e. The number of carbonyl (C=O) groups is 2. The molecule has 1 rings (SSSR count). The lowest BCUT2D eigenvalue weighted by Gasteiger charge is -2.20. The molecule has 20 heavy (non-hydrogen) atoms. The van der Waals surface area contributed by atoms with Crippen LogP contribution >= 0.6 is 24.2 Å². The quantitative estimate of drug-likeness (QED) is 0.621. The fourth-order valence-corrected chi connectivity index (χ4v) is 1.98. The van der Waals surface area contributed by atoms with Crippen molar-refractivity contribution < 1.29 is 9.59 Å². The number of hydrogen-bond donors (Lipinski definition) is 2. The third-order valence-corrected chi connectivity index (χ3v) is 3.33. The normalized spacial score (nSPS) is 13.1. The van der Waals surface area contributed by atoms with Gasteiger partial charge in [0.2, 0.25) is 0 Å². The van der Waals surface area contributed by atoms with Crippen LogP contribution in [0.15, 0.2) is 18.3 Å². The Balaban J connectivity index is 2.82. The average Bonchev–Trinajstić information content (AvgIpc) is 2.46. The highest BCUT2D eigenvalue weighted by atomic mass is 35.5. The van der Waals surface area contributed by atoms with E-state index >= 15 is 0 Å². The van der Waals surface area contributed by atoms with Crippen molar-refractivity contribution in [2.45, 2.75) is 19.4 Å². The van der Waals surface area contributed by atoms with Crippen molar-refractivity contribution >= 4 is 35.9 Å². The molecule has 7 heteroatoms. The molecule has 0 bridgehead atoms. The van der Waals surface area contributed by atoms with E-state index in [1.165, 1.54) is 18.3 Å². The zero-order valence-electron chi connectivity index (χ0n) is 10.8. The summed E-state index contributed by atoms with van der Waals surface area (Å²) in [5.74, 6) is -1.64. The van der Waals surface area contributed by atoms with Gasteiger partial charge in [0.25, 0.3) is 5.91 Å². The number of Topliss-reactive ketones (excluding diaryl/α,β-unsaturated/α-hetero) is 1. The highest BCUT2D eigenvalue weighted by Crippen LogP contribution is 2.11. The number of aromatic nitrogens is 1. The maximum absolute atomic E-state index is 12.0. The molecule has 5 nitrogen and oxygen atoms in total. The van der Waals surface area contributed by atoms with E-state index in [1.54, 1.807) is 6.92 Å². The first-order valence-electron chi connectivity index (χ1n) is 5.99. The van der Waals surface area contributed by atoms with Crippen LogP contribution in [0.2, 0.25) is 5.15 Å². The van der Waals surface area contributed by atoms with Gasteiger partial charge in [-0.25, -0.2) is 4.98 Å². The largest absolute Gasteiger partial charge is 0.347 e. The fraction of sp³-hybridized carbons (Fsp3) is 0.385. The molecule has 1 amide bonds. The van der Waals surface area contributed by atoms with Crippen LogP contribution in [0, 0.1) is 17.2 Å². The van der Waals surface area contributed by atoms with Crippen LogP contribution in [-0.2, 0) is 4.79 Å². The van der Waals surface area contributed by atoms with Crippen molar-refractivity contribution in [2.75, 3.05) is 5.75 Å². The molecule has 0 spiro atoms. The molecule has 1 aromatic heterocycles. The maximum Gasteiger partial charge on any atom is 0.253 e. The number of hydrogen-bond acceptors (Lipinski definition) is 5. The summed E-state index contributed by atoms with van der Waals surface area (Å²) in [5, 5.41) is 12.0. The van der Waals surface area contributed by atoms with Gasteiger partial charge in [-0.15, -0.1) is 0 Å². The van der Waals surface area contributed by atoms with Gasteiger partial charge in [0, 0.05) is 6.20 Å². The number of thiol groups is 1. The van der Waals surface area contributed by atoms with Crippen LogP contribution in [0.1, 0.15) is 23.7 Å². The lowest BCUT2D eigenvalue weighted by atomic mass is 9.95. The fourth-order valence-electron chi connectivity index (χ4n) is 1.67. The first kappa shape index (κ1) is 16.5. The van der Waals surface area contributed by atoms with Crippen molar-refractivity contribution in [2.24, 2.45) is 5.92 Å². The first-order chi connectivity index (χ1) is 9.53. The first-order valence-corrected chi connectivity index (χ1v) is 7.00. The molecule has 0 aromatic carbocycles. The van der Waals surface area contributed by atoms with E-state index in [-0.39, 0.29) is 16.7 Å². The molecule has 2 unspecified atom stereocenters. The number of amides is 1. The van der Waals surface area contributed by atoms with Crippen LogP contribution in [0.3, 0.4) is 0 Å². The number of ketones is 1. The molecule has 106 valence electrons. The van der Waals surface area contributed by atoms with Crippen LogP contribution in [0.25, 0.3) is 0 Å². The number of nitriles is 1. The zero-order chi connectivity index (χ0) is 15.1. The predicted molar refractivity (Wildman–Crippen MR) is 78.8 cm³/mol. The monoisotopic (exact) mass is 311 g/mol. The van der Waals surface area contributed by atoms with E-state index in [0.717, 1.165) is 0 Å². The summed E-state index contributed by atoms with van der Waals surface area (Å²) >= 11 is 9.52. The SMILES string of the molecule is CCC(NC(=O)c1ccc(Cl)nc1)C(C#N)C(=O)CS. The van der Waals surface area contributed by atoms with Crippen LogP contribution in [0.5, 0.6) is 0 Å². The third-order valence-electron chi connectivity index (χ3n) is 2.79. The Labute approximate surface area is 127 Å². The number of nitrogens with one attached hydrogen (secondary N) is 1. The molecule has 1 aromatic rings. The Morgan fingerprint density at radius 3 is 2.70 bits per heavy atom. The van der Waals surface area contributed by atoms with Gasteiger partial charge in [0.05, 0.1) is 23.4 Å². The number of pyridine rings is 1. The molecule has 1 heterocycles. The highest BCUT2D eigenvalue weighted by molar-refractivity contribution is 7.81. The van der Waals surface area contributed by atoms with E-state index in [9.17, 15) is 9.59 Å². The molecular weight excluding hydrogens is 298 g/mol. The van der Waals surface area contributed by atoms with Crippen molar-refractivity contribution in [3.63, 3.8) is 0 Å². The summed E-state index contributed by atoms with van der Waals surface area (Å²) in [5.41, 5.74) is 0.322. The Morgan fingerprint density at radius 1 is 1.55 bits per heavy atom. The summed E-state index contributed by atoms with van der Waals surface area (Å²) in [6, 6.07) is 4.39. The Hall–Kier alpha value is -1.58. The van der Waals surface area contributed by atoms with Gasteiger partial charge in [0.15, 0.2) is 5.78 Å². The molecule has 2 atom stereocenters. The second-order valence-electron chi connectivity index (χ2n) is 4.09. The molecule has 0 radical (unpaired) electrons. The molecular formula is C13H14ClN3O2S. The Morgan fingerprint density at radius 2 is 2.25 bits per heavy atom. The summed E-state index contributed by atoms with van der Waals surface area (Å²) < 4.78 is 0. The van der Waals surface area contributed by atoms with Gasteiger partial charge < -0.3 is 5.32 Å². The number of rotatable bonds is 6. The number of halogens is 1. The zero-order valence-corrected chi connectivity index (χ0v) is 12.5. The molecule has 0 aliphatic rings. The molecule has 1 N–H and O–H groups in total. The van der Waals surface area contributed by atoms with E-state index < -0.39 is 17.9 Å². The lowest BCUT2D eigenvalue weighted by Crippen LogP contribution is -2.42. The summed E-state index contributed by atoms with van der Waals surface area (Å²) in [7, 11) is 0. The molecule has 0 saturated heterocycles. The van der Waals surface area contributed by atoms with Gasteiger partial charge in [-0.3, -0.25) is 9.59 Å². The van der Waals surface area contributed by atoms with Crippen LogP contribution in [0.4, 0.5) is 0 Å². The van der Waals surface area contributed by atoms with Gasteiger partial charge >= 0.3 is 0 Å². The number of carbonyl (C=O) groups excluding carboxylic acids is 2. The Bertz CT molecular complexity index is 527. The third kappa shape index (κ3) is 4.22. The predicted octanol–water partition coefficient (Wildman–Crippen LogP) is 1.88. The molecule has 0 aliphatic carbocycles. The minimum atomic E-state index is -0.901. The number of nitrogens with zero attached hydrogens (tertiary/aromatic N) is 2. The topological polar surface area (TPSA) is 82.8 Å². The Kier molecular flexibility index (Phi) is 6.49. The molecule has 0 fully saturated rings. The van der Waals surface area contributed by atoms with Gasteiger partial charge in [-0.2, -0.15) is 17.9 Å². The second kappa shape index (κ2) is 7.88. The van der Waals surface area contributed by atoms with Crippen molar-refractivity contribution in [1.82, 2.24) is 10.3 Å². The molecule has 0 aliphatic heterocycles. The van der Waals surface area contributed by atoms with Crippen molar-refractivity contribution in [1.29, 1.82) is 5.26 Å². The van der Waals surface area contributed by atoms with Crippen molar-refractivity contribution in [3.8, 4) is 6.07 Å². The highest BCUT2D eigenvalue weighted by Gasteiger charge is 2.27. The summed E-state index contributed by atoms with van der Waals surface area (Å²) in [4.78, 5) is 27.5. The summed E-state index contributed by atoms with van der Waals surface area (Å²) in [6.45, 7) is 1.79. The van der Waals surface area contributed by atoms with E-state index in [1.807, 2.05) is 6.07 Å². The second-order valence-corrected chi connectivity index (χ2v) is 4.79. The van der Waals surface area contributed by atoms with Gasteiger partial charge in [-0.05, 0) is 18.6 Å². The summed E-state index contributed by atoms with van der Waals surface area (Å²) in [6.07, 6.45) is 1.80. The van der Waals surface area contributed by atoms with Gasteiger partial charge in [0.1, 0.15) is 11.1 Å². The van der Waals surface area contributed by atoms with Crippen LogP contribution in [-0.4, -0.2) is 28.5 Å². The van der Waals surface area contributed by atoms with E-state index in [4.69, 9.17) is 16.9 Å². The lowest BCUT2D eigenvalue weighted by molar-refractivity contribution is -0.119. The van der Waals surface area contributed by atoms with E-state index in [0.29, 0.717) is 12.0 Å². The van der Waals surface area contributed by atoms with Crippen LogP contribution < -0.4 is 5.32 Å². The maximum atomic E-state index is 12.0. The standard InChI is InChI=1S/C13H14ClN3O2S/c1-2-10(9(5-15)11(18)7-20)17-13(19)8-3-4-12(14)16-6-8/h3-4,6,9-10,20H,2,7H2,1H3,(H,17,19). The molecule has 0 saturated carbocycles.